The van der Waals surface area contributed by atoms with E-state index in [0.29, 0.717) is 5.69 Å². The highest BCUT2D eigenvalue weighted by molar-refractivity contribution is 6.04. The quantitative estimate of drug-likeness (QED) is 0.879. The lowest BCUT2D eigenvalue weighted by molar-refractivity contribution is 0.102. The van der Waals surface area contributed by atoms with Crippen LogP contribution in [0.5, 0.6) is 0 Å². The molecule has 1 heterocycles. The van der Waals surface area contributed by atoms with Crippen molar-refractivity contribution in [2.24, 2.45) is 0 Å². The van der Waals surface area contributed by atoms with Crippen molar-refractivity contribution in [3.05, 3.63) is 58.5 Å². The SMILES string of the molecule is CN(C)c1ccc(NC(=O)c2ccc[nH]c2=O)cc1. The Morgan fingerprint density at radius 2 is 1.84 bits per heavy atom. The second-order valence-electron chi connectivity index (χ2n) is 4.31. The number of anilines is 2. The first kappa shape index (κ1) is 12.9. The molecule has 0 atom stereocenters. The van der Waals surface area contributed by atoms with Gasteiger partial charge in [0.1, 0.15) is 5.56 Å². The second-order valence-corrected chi connectivity index (χ2v) is 4.31. The van der Waals surface area contributed by atoms with Crippen molar-refractivity contribution in [3.8, 4) is 0 Å². The number of H-pyrrole nitrogens is 1. The second kappa shape index (κ2) is 5.39. The lowest BCUT2D eigenvalue weighted by Crippen LogP contribution is -2.22. The van der Waals surface area contributed by atoms with Gasteiger partial charge in [0.15, 0.2) is 0 Å². The third-order valence-corrected chi connectivity index (χ3v) is 2.70. The summed E-state index contributed by atoms with van der Waals surface area (Å²) >= 11 is 0. The number of nitrogens with one attached hydrogen (secondary N) is 2. The molecule has 2 rings (SSSR count). The van der Waals surface area contributed by atoms with Gasteiger partial charge < -0.3 is 15.2 Å². The molecule has 1 amide bonds. The van der Waals surface area contributed by atoms with Gasteiger partial charge in [0, 0.05) is 31.7 Å². The van der Waals surface area contributed by atoms with Gasteiger partial charge in [-0.3, -0.25) is 9.59 Å². The number of pyridine rings is 1. The van der Waals surface area contributed by atoms with Crippen molar-refractivity contribution in [3.63, 3.8) is 0 Å². The highest BCUT2D eigenvalue weighted by Crippen LogP contribution is 2.15. The molecule has 1 aromatic carbocycles. The van der Waals surface area contributed by atoms with Crippen LogP contribution in [-0.2, 0) is 0 Å². The molecule has 0 fully saturated rings. The lowest BCUT2D eigenvalue weighted by atomic mass is 10.2. The van der Waals surface area contributed by atoms with E-state index < -0.39 is 11.5 Å². The van der Waals surface area contributed by atoms with Crippen molar-refractivity contribution >= 4 is 17.3 Å². The topological polar surface area (TPSA) is 65.2 Å². The maximum Gasteiger partial charge on any atom is 0.261 e. The highest BCUT2D eigenvalue weighted by atomic mass is 16.2. The Hall–Kier alpha value is -2.56. The Bertz CT molecular complexity index is 630. The summed E-state index contributed by atoms with van der Waals surface area (Å²) in [5.41, 5.74) is 1.39. The average Bonchev–Trinajstić information content (AvgIpc) is 2.39. The first-order valence-corrected chi connectivity index (χ1v) is 5.84. The third-order valence-electron chi connectivity index (χ3n) is 2.70. The zero-order valence-electron chi connectivity index (χ0n) is 10.8. The minimum atomic E-state index is -0.417. The molecule has 0 aliphatic rings. The van der Waals surface area contributed by atoms with Gasteiger partial charge in [0.05, 0.1) is 0 Å². The van der Waals surface area contributed by atoms with E-state index in [9.17, 15) is 9.59 Å². The van der Waals surface area contributed by atoms with Gasteiger partial charge in [-0.15, -0.1) is 0 Å². The fourth-order valence-electron chi connectivity index (χ4n) is 1.64. The number of aromatic nitrogens is 1. The van der Waals surface area contributed by atoms with Crippen LogP contribution >= 0.6 is 0 Å². The van der Waals surface area contributed by atoms with Crippen LogP contribution in [0.25, 0.3) is 0 Å². The maximum atomic E-state index is 11.9. The molecule has 0 aliphatic heterocycles. The summed E-state index contributed by atoms with van der Waals surface area (Å²) in [6.07, 6.45) is 1.49. The third kappa shape index (κ3) is 3.01. The van der Waals surface area contributed by atoms with Crippen molar-refractivity contribution < 1.29 is 4.79 Å². The number of hydrogen-bond acceptors (Lipinski definition) is 3. The summed E-state index contributed by atoms with van der Waals surface area (Å²) in [4.78, 5) is 27.8. The van der Waals surface area contributed by atoms with Gasteiger partial charge >= 0.3 is 0 Å². The van der Waals surface area contributed by atoms with Gasteiger partial charge in [-0.1, -0.05) is 0 Å². The van der Waals surface area contributed by atoms with Gasteiger partial charge in [0.2, 0.25) is 0 Å². The van der Waals surface area contributed by atoms with Crippen LogP contribution in [0.3, 0.4) is 0 Å². The molecular weight excluding hydrogens is 242 g/mol. The molecule has 0 bridgehead atoms. The number of amides is 1. The van der Waals surface area contributed by atoms with Crippen molar-refractivity contribution in [2.75, 3.05) is 24.3 Å². The van der Waals surface area contributed by atoms with Gasteiger partial charge in [0.25, 0.3) is 11.5 Å². The maximum absolute atomic E-state index is 11.9. The van der Waals surface area contributed by atoms with Crippen LogP contribution in [0.4, 0.5) is 11.4 Å². The predicted octanol–water partition coefficient (Wildman–Crippen LogP) is 1.69. The number of nitrogens with zero attached hydrogens (tertiary/aromatic N) is 1. The summed E-state index contributed by atoms with van der Waals surface area (Å²) in [6.45, 7) is 0. The Balaban J connectivity index is 2.15. The number of hydrogen-bond donors (Lipinski definition) is 2. The van der Waals surface area contributed by atoms with Gasteiger partial charge in [-0.25, -0.2) is 0 Å². The first-order valence-electron chi connectivity index (χ1n) is 5.84. The van der Waals surface area contributed by atoms with Crippen LogP contribution in [0.2, 0.25) is 0 Å². The summed E-state index contributed by atoms with van der Waals surface area (Å²) in [6, 6.07) is 10.5. The number of aromatic amines is 1. The molecule has 2 aromatic rings. The molecule has 0 aliphatic carbocycles. The average molecular weight is 257 g/mol. The molecule has 1 aromatic heterocycles. The number of rotatable bonds is 3. The zero-order valence-corrected chi connectivity index (χ0v) is 10.8. The largest absolute Gasteiger partial charge is 0.378 e. The summed E-state index contributed by atoms with van der Waals surface area (Å²) in [7, 11) is 3.88. The molecular formula is C14H15N3O2. The lowest BCUT2D eigenvalue weighted by Gasteiger charge is -2.12. The number of carbonyl (C=O) groups excluding carboxylic acids is 1. The predicted molar refractivity (Wildman–Crippen MR) is 75.8 cm³/mol. The van der Waals surface area contributed by atoms with Gasteiger partial charge in [-0.05, 0) is 36.4 Å². The van der Waals surface area contributed by atoms with E-state index in [1.807, 2.05) is 31.1 Å². The monoisotopic (exact) mass is 257 g/mol. The molecule has 0 spiro atoms. The Labute approximate surface area is 110 Å². The molecule has 19 heavy (non-hydrogen) atoms. The smallest absolute Gasteiger partial charge is 0.261 e. The molecule has 0 radical (unpaired) electrons. The minimum Gasteiger partial charge on any atom is -0.378 e. The molecule has 5 nitrogen and oxygen atoms in total. The molecule has 5 heteroatoms. The Morgan fingerprint density at radius 1 is 1.16 bits per heavy atom. The van der Waals surface area contributed by atoms with E-state index in [2.05, 4.69) is 10.3 Å². The van der Waals surface area contributed by atoms with Crippen molar-refractivity contribution in [1.82, 2.24) is 4.98 Å². The van der Waals surface area contributed by atoms with E-state index in [1.54, 1.807) is 18.2 Å². The zero-order chi connectivity index (χ0) is 13.8. The summed E-state index contributed by atoms with van der Waals surface area (Å²) in [5.74, 6) is -0.417. The van der Waals surface area contributed by atoms with Crippen LogP contribution < -0.4 is 15.8 Å². The molecule has 0 saturated heterocycles. The van der Waals surface area contributed by atoms with Crippen LogP contribution in [0.15, 0.2) is 47.4 Å². The van der Waals surface area contributed by atoms with Crippen LogP contribution in [-0.4, -0.2) is 25.0 Å². The fourth-order valence-corrected chi connectivity index (χ4v) is 1.64. The molecule has 2 N–H and O–H groups in total. The normalized spacial score (nSPS) is 10.0. The molecule has 98 valence electrons. The van der Waals surface area contributed by atoms with Crippen molar-refractivity contribution in [2.45, 2.75) is 0 Å². The Kier molecular flexibility index (Phi) is 3.66. The number of benzene rings is 1. The summed E-state index contributed by atoms with van der Waals surface area (Å²) < 4.78 is 0. The van der Waals surface area contributed by atoms with E-state index in [1.165, 1.54) is 12.3 Å². The molecule has 0 unspecified atom stereocenters. The molecule has 0 saturated carbocycles. The van der Waals surface area contributed by atoms with Crippen molar-refractivity contribution in [1.29, 1.82) is 0 Å². The van der Waals surface area contributed by atoms with E-state index in [4.69, 9.17) is 0 Å². The standard InChI is InChI=1S/C14H15N3O2/c1-17(2)11-7-5-10(6-8-11)16-14(19)12-4-3-9-15-13(12)18/h3-9H,1-2H3,(H,15,18)(H,16,19). The highest BCUT2D eigenvalue weighted by Gasteiger charge is 2.09. The van der Waals surface area contributed by atoms with Gasteiger partial charge in [-0.2, -0.15) is 0 Å². The van der Waals surface area contributed by atoms with Crippen LogP contribution in [0.1, 0.15) is 10.4 Å². The fraction of sp³-hybridized carbons (Fsp3) is 0.143. The van der Waals surface area contributed by atoms with E-state index >= 15 is 0 Å². The summed E-state index contributed by atoms with van der Waals surface area (Å²) in [5, 5.41) is 2.69. The van der Waals surface area contributed by atoms with E-state index in [0.717, 1.165) is 5.69 Å². The minimum absolute atomic E-state index is 0.0965. The first-order chi connectivity index (χ1) is 9.08. The Morgan fingerprint density at radius 3 is 2.42 bits per heavy atom. The van der Waals surface area contributed by atoms with E-state index in [-0.39, 0.29) is 5.56 Å². The number of carbonyl (C=O) groups is 1. The van der Waals surface area contributed by atoms with Crippen LogP contribution in [0, 0.1) is 0 Å².